The van der Waals surface area contributed by atoms with Crippen molar-refractivity contribution in [1.82, 2.24) is 0 Å². The maximum Gasteiger partial charge on any atom is 0.186 e. The third-order valence-electron chi connectivity index (χ3n) is 3.95. The van der Waals surface area contributed by atoms with Gasteiger partial charge in [0.2, 0.25) is 0 Å². The van der Waals surface area contributed by atoms with Gasteiger partial charge in [-0.3, -0.25) is 0 Å². The van der Waals surface area contributed by atoms with E-state index in [2.05, 4.69) is 13.8 Å². The van der Waals surface area contributed by atoms with Crippen molar-refractivity contribution in [3.8, 4) is 5.75 Å². The van der Waals surface area contributed by atoms with Crippen molar-refractivity contribution in [2.75, 3.05) is 13.7 Å². The number of hydrogen-bond acceptors (Lipinski definition) is 4. The van der Waals surface area contributed by atoms with Gasteiger partial charge in [-0.05, 0) is 41.3 Å². The van der Waals surface area contributed by atoms with Crippen molar-refractivity contribution >= 4 is 9.84 Å². The van der Waals surface area contributed by atoms with E-state index in [4.69, 9.17) is 10.5 Å². The van der Waals surface area contributed by atoms with Crippen molar-refractivity contribution in [1.29, 1.82) is 0 Å². The Bertz CT molecular complexity index is 735. The molecule has 0 radical (unpaired) electrons. The summed E-state index contributed by atoms with van der Waals surface area (Å²) in [6.07, 6.45) is 0. The van der Waals surface area contributed by atoms with Gasteiger partial charge in [-0.15, -0.1) is 0 Å². The maximum atomic E-state index is 12.9. The fourth-order valence-corrected chi connectivity index (χ4v) is 4.08. The highest BCUT2D eigenvalue weighted by Gasteiger charge is 2.28. The summed E-state index contributed by atoms with van der Waals surface area (Å²) in [5, 5.41) is -0.753. The summed E-state index contributed by atoms with van der Waals surface area (Å²) < 4.78 is 30.8. The second kappa shape index (κ2) is 7.15. The number of benzene rings is 2. The van der Waals surface area contributed by atoms with Crippen LogP contribution in [-0.4, -0.2) is 22.1 Å². The van der Waals surface area contributed by atoms with Crippen LogP contribution < -0.4 is 10.5 Å². The molecule has 1 atom stereocenters. The van der Waals surface area contributed by atoms with Crippen LogP contribution in [0, 0.1) is 0 Å². The number of nitrogens with two attached hydrogens (primary N) is 1. The lowest BCUT2D eigenvalue weighted by Crippen LogP contribution is -2.22. The average molecular weight is 333 g/mol. The molecular formula is C18H23NO3S. The highest BCUT2D eigenvalue weighted by Crippen LogP contribution is 2.30. The lowest BCUT2D eigenvalue weighted by atomic mass is 10.0. The first-order valence-corrected chi connectivity index (χ1v) is 9.12. The highest BCUT2D eigenvalue weighted by atomic mass is 32.2. The molecule has 124 valence electrons. The molecule has 2 aromatic carbocycles. The molecule has 0 heterocycles. The van der Waals surface area contributed by atoms with E-state index in [-0.39, 0.29) is 11.4 Å². The Morgan fingerprint density at radius 2 is 1.48 bits per heavy atom. The Balaban J connectivity index is 2.37. The van der Waals surface area contributed by atoms with E-state index >= 15 is 0 Å². The van der Waals surface area contributed by atoms with Gasteiger partial charge in [0.15, 0.2) is 9.84 Å². The number of sulfone groups is 1. The minimum absolute atomic E-state index is 0.0371. The lowest BCUT2D eigenvalue weighted by Gasteiger charge is -2.17. The molecule has 23 heavy (non-hydrogen) atoms. The van der Waals surface area contributed by atoms with Crippen LogP contribution in [-0.2, 0) is 9.84 Å². The van der Waals surface area contributed by atoms with Crippen molar-refractivity contribution in [2.24, 2.45) is 5.73 Å². The molecule has 0 saturated carbocycles. The number of methoxy groups -OCH3 is 1. The molecule has 0 unspecified atom stereocenters. The van der Waals surface area contributed by atoms with Crippen molar-refractivity contribution in [3.05, 3.63) is 59.7 Å². The second-order valence-electron chi connectivity index (χ2n) is 5.77. The number of ether oxygens (including phenoxy) is 1. The van der Waals surface area contributed by atoms with Gasteiger partial charge in [0.25, 0.3) is 0 Å². The molecule has 0 aliphatic rings. The predicted octanol–water partition coefficient (Wildman–Crippen LogP) is 3.29. The van der Waals surface area contributed by atoms with E-state index in [1.165, 1.54) is 5.56 Å². The summed E-state index contributed by atoms with van der Waals surface area (Å²) in [6.45, 7) is 4.24. The standard InChI is InChI=1S/C18H23NO3S/c1-13(2)14-4-6-15(7-5-14)18(12-19)23(20,21)17-10-8-16(22-3)9-11-17/h4-11,13,18H,12,19H2,1-3H3/t18-/m1/s1. The first-order valence-electron chi connectivity index (χ1n) is 7.58. The normalized spacial score (nSPS) is 13.1. The summed E-state index contributed by atoms with van der Waals surface area (Å²) in [7, 11) is -2.00. The van der Waals surface area contributed by atoms with Crippen LogP contribution in [0.3, 0.4) is 0 Å². The molecule has 0 bridgehead atoms. The van der Waals surface area contributed by atoms with E-state index in [1.54, 1.807) is 31.4 Å². The third kappa shape index (κ3) is 3.74. The number of rotatable bonds is 6. The third-order valence-corrected chi connectivity index (χ3v) is 6.09. The van der Waals surface area contributed by atoms with Crippen molar-refractivity contribution in [2.45, 2.75) is 29.9 Å². The van der Waals surface area contributed by atoms with Crippen LogP contribution in [0.15, 0.2) is 53.4 Å². The molecule has 0 fully saturated rings. The van der Waals surface area contributed by atoms with E-state index < -0.39 is 15.1 Å². The Morgan fingerprint density at radius 1 is 0.957 bits per heavy atom. The van der Waals surface area contributed by atoms with E-state index in [1.807, 2.05) is 24.3 Å². The molecule has 5 heteroatoms. The van der Waals surface area contributed by atoms with Gasteiger partial charge in [-0.1, -0.05) is 38.1 Å². The largest absolute Gasteiger partial charge is 0.497 e. The minimum Gasteiger partial charge on any atom is -0.497 e. The number of hydrogen-bond donors (Lipinski definition) is 1. The predicted molar refractivity (Wildman–Crippen MR) is 92.5 cm³/mol. The Morgan fingerprint density at radius 3 is 1.91 bits per heavy atom. The summed E-state index contributed by atoms with van der Waals surface area (Å²) in [5.74, 6) is 1.02. The molecule has 2 rings (SSSR count). The quantitative estimate of drug-likeness (QED) is 0.880. The molecule has 0 amide bonds. The molecule has 0 spiro atoms. The minimum atomic E-state index is -3.54. The van der Waals surface area contributed by atoms with Gasteiger partial charge < -0.3 is 10.5 Å². The van der Waals surface area contributed by atoms with E-state index in [0.29, 0.717) is 17.2 Å². The molecule has 2 N–H and O–H groups in total. The SMILES string of the molecule is COc1ccc(S(=O)(=O)[C@H](CN)c2ccc(C(C)C)cc2)cc1. The summed E-state index contributed by atoms with van der Waals surface area (Å²) in [6, 6.07) is 14.0. The van der Waals surface area contributed by atoms with Crippen LogP contribution in [0.1, 0.15) is 36.1 Å². The van der Waals surface area contributed by atoms with Gasteiger partial charge in [0, 0.05) is 6.54 Å². The van der Waals surface area contributed by atoms with Crippen LogP contribution in [0.2, 0.25) is 0 Å². The van der Waals surface area contributed by atoms with Crippen molar-refractivity contribution < 1.29 is 13.2 Å². The summed E-state index contributed by atoms with van der Waals surface area (Å²) in [4.78, 5) is 0.252. The highest BCUT2D eigenvalue weighted by molar-refractivity contribution is 7.91. The van der Waals surface area contributed by atoms with E-state index in [9.17, 15) is 8.42 Å². The fraction of sp³-hybridized carbons (Fsp3) is 0.333. The van der Waals surface area contributed by atoms with Gasteiger partial charge in [-0.2, -0.15) is 0 Å². The molecule has 0 aliphatic heterocycles. The first kappa shape index (κ1) is 17.5. The van der Waals surface area contributed by atoms with Crippen LogP contribution in [0.4, 0.5) is 0 Å². The summed E-state index contributed by atoms with van der Waals surface area (Å²) in [5.41, 5.74) is 7.67. The molecule has 0 aliphatic carbocycles. The average Bonchev–Trinajstić information content (AvgIpc) is 2.56. The first-order chi connectivity index (χ1) is 10.9. The zero-order chi connectivity index (χ0) is 17.0. The van der Waals surface area contributed by atoms with Crippen molar-refractivity contribution in [3.63, 3.8) is 0 Å². The Kier molecular flexibility index (Phi) is 5.44. The van der Waals surface area contributed by atoms with Gasteiger partial charge in [0.05, 0.1) is 12.0 Å². The van der Waals surface area contributed by atoms with Gasteiger partial charge >= 0.3 is 0 Å². The molecular weight excluding hydrogens is 310 g/mol. The molecule has 0 aromatic heterocycles. The van der Waals surface area contributed by atoms with Crippen LogP contribution in [0.5, 0.6) is 5.75 Å². The Labute approximate surface area is 138 Å². The molecule has 0 saturated heterocycles. The second-order valence-corrected chi connectivity index (χ2v) is 7.90. The Hall–Kier alpha value is -1.85. The maximum absolute atomic E-state index is 12.9. The molecule has 4 nitrogen and oxygen atoms in total. The van der Waals surface area contributed by atoms with E-state index in [0.717, 1.165) is 0 Å². The zero-order valence-corrected chi connectivity index (χ0v) is 14.5. The van der Waals surface area contributed by atoms with Gasteiger partial charge in [0.1, 0.15) is 11.0 Å². The fourth-order valence-electron chi connectivity index (χ4n) is 2.47. The monoisotopic (exact) mass is 333 g/mol. The zero-order valence-electron chi connectivity index (χ0n) is 13.7. The van der Waals surface area contributed by atoms with Crippen LogP contribution in [0.25, 0.3) is 0 Å². The van der Waals surface area contributed by atoms with Gasteiger partial charge in [-0.25, -0.2) is 8.42 Å². The smallest absolute Gasteiger partial charge is 0.186 e. The van der Waals surface area contributed by atoms with Crippen LogP contribution >= 0.6 is 0 Å². The summed E-state index contributed by atoms with van der Waals surface area (Å²) >= 11 is 0. The topological polar surface area (TPSA) is 69.4 Å². The lowest BCUT2D eigenvalue weighted by molar-refractivity contribution is 0.414. The molecule has 2 aromatic rings.